The fourth-order valence-electron chi connectivity index (χ4n) is 4.63. The van der Waals surface area contributed by atoms with E-state index in [2.05, 4.69) is 6.07 Å². The highest BCUT2D eigenvalue weighted by molar-refractivity contribution is 7.98. The third-order valence-corrected chi connectivity index (χ3v) is 6.55. The lowest BCUT2D eigenvalue weighted by Gasteiger charge is -2.27. The summed E-state index contributed by atoms with van der Waals surface area (Å²) < 4.78 is 6.11. The maximum atomic E-state index is 13.0. The van der Waals surface area contributed by atoms with Gasteiger partial charge in [-0.15, -0.1) is 11.8 Å². The number of carbonyl (C=O) groups excluding carboxylic acids is 2. The molecule has 24 heavy (non-hydrogen) atoms. The number of fused-ring (bicyclic) bond motifs is 5. The molecule has 3 saturated heterocycles. The highest BCUT2D eigenvalue weighted by Crippen LogP contribution is 2.60. The van der Waals surface area contributed by atoms with Gasteiger partial charge in [0.2, 0.25) is 11.8 Å². The zero-order valence-electron chi connectivity index (χ0n) is 13.8. The molecule has 0 aromatic heterocycles. The van der Waals surface area contributed by atoms with Gasteiger partial charge in [0.05, 0.1) is 34.3 Å². The number of anilines is 1. The number of imide groups is 1. The Morgan fingerprint density at radius 3 is 2.29 bits per heavy atom. The molecule has 1 aromatic carbocycles. The van der Waals surface area contributed by atoms with Crippen LogP contribution in [0.5, 0.6) is 0 Å². The van der Waals surface area contributed by atoms with E-state index < -0.39 is 23.0 Å². The molecule has 124 valence electrons. The fraction of sp³-hybridized carbons (Fsp3) is 0.500. The Morgan fingerprint density at radius 1 is 1.21 bits per heavy atom. The molecule has 0 radical (unpaired) electrons. The molecular formula is C18H18N2O3S. The molecule has 0 spiro atoms. The van der Waals surface area contributed by atoms with E-state index in [1.54, 1.807) is 18.2 Å². The summed E-state index contributed by atoms with van der Waals surface area (Å²) in [7, 11) is 0. The number of nitriles is 1. The summed E-state index contributed by atoms with van der Waals surface area (Å²) in [5.74, 6) is -1.16. The number of hydrogen-bond donors (Lipinski definition) is 0. The highest BCUT2D eigenvalue weighted by Gasteiger charge is 2.72. The average molecular weight is 342 g/mol. The van der Waals surface area contributed by atoms with E-state index in [9.17, 15) is 9.59 Å². The Kier molecular flexibility index (Phi) is 3.16. The first-order valence-electron chi connectivity index (χ1n) is 8.01. The summed E-state index contributed by atoms with van der Waals surface area (Å²) in [4.78, 5) is 28.2. The van der Waals surface area contributed by atoms with Crippen LogP contribution in [0.2, 0.25) is 0 Å². The van der Waals surface area contributed by atoms with Crippen molar-refractivity contribution in [1.82, 2.24) is 0 Å². The van der Waals surface area contributed by atoms with Gasteiger partial charge in [0.1, 0.15) is 6.07 Å². The smallest absolute Gasteiger partial charge is 0.240 e. The molecule has 5 nitrogen and oxygen atoms in total. The molecule has 2 unspecified atom stereocenters. The quantitative estimate of drug-likeness (QED) is 0.610. The van der Waals surface area contributed by atoms with Crippen LogP contribution in [0.25, 0.3) is 0 Å². The summed E-state index contributed by atoms with van der Waals surface area (Å²) in [5, 5.41) is 9.16. The number of carbonyl (C=O) groups is 2. The maximum Gasteiger partial charge on any atom is 0.240 e. The SMILES string of the molecule is CSc1cc(N2C(=O)C3C(C2=O)[C@]2(C)CC[C@]3(C)O2)ccc1C#N. The standard InChI is InChI=1S/C18H18N2O3S/c1-17-6-7-18(2,23-17)14-13(17)15(21)20(16(14)22)11-5-4-10(9-19)12(8-11)24-3/h4-5,8,13-14H,6-7H2,1-3H3/t13?,14?,17-,18-/m0/s1. The van der Waals surface area contributed by atoms with Crippen LogP contribution in [0.3, 0.4) is 0 Å². The number of benzene rings is 1. The first-order valence-corrected chi connectivity index (χ1v) is 9.23. The Morgan fingerprint density at radius 2 is 1.79 bits per heavy atom. The summed E-state index contributed by atoms with van der Waals surface area (Å²) in [5.41, 5.74) is 0.00769. The van der Waals surface area contributed by atoms with Gasteiger partial charge in [-0.2, -0.15) is 5.26 Å². The van der Waals surface area contributed by atoms with Gasteiger partial charge in [0.15, 0.2) is 0 Å². The van der Waals surface area contributed by atoms with Crippen molar-refractivity contribution >= 4 is 29.3 Å². The lowest BCUT2D eigenvalue weighted by atomic mass is 9.69. The van der Waals surface area contributed by atoms with Gasteiger partial charge in [-0.25, -0.2) is 4.90 Å². The predicted molar refractivity (Wildman–Crippen MR) is 89.5 cm³/mol. The molecule has 3 aliphatic heterocycles. The molecule has 4 atom stereocenters. The number of hydrogen-bond acceptors (Lipinski definition) is 5. The van der Waals surface area contributed by atoms with Crippen molar-refractivity contribution in [2.45, 2.75) is 42.8 Å². The molecule has 1 aromatic rings. The van der Waals surface area contributed by atoms with Crippen LogP contribution in [-0.4, -0.2) is 29.3 Å². The largest absolute Gasteiger partial charge is 0.367 e. The molecule has 3 fully saturated rings. The predicted octanol–water partition coefficient (Wildman–Crippen LogP) is 2.73. The van der Waals surface area contributed by atoms with Gasteiger partial charge >= 0.3 is 0 Å². The van der Waals surface area contributed by atoms with E-state index >= 15 is 0 Å². The van der Waals surface area contributed by atoms with Crippen LogP contribution in [0, 0.1) is 23.2 Å². The van der Waals surface area contributed by atoms with Crippen LogP contribution < -0.4 is 4.90 Å². The molecule has 4 rings (SSSR count). The topological polar surface area (TPSA) is 70.4 Å². The molecule has 0 aliphatic carbocycles. The second-order valence-electron chi connectivity index (χ2n) is 7.19. The van der Waals surface area contributed by atoms with Crippen molar-refractivity contribution in [1.29, 1.82) is 5.26 Å². The molecule has 0 saturated carbocycles. The monoisotopic (exact) mass is 342 g/mol. The third-order valence-electron chi connectivity index (χ3n) is 5.77. The van der Waals surface area contributed by atoms with Crippen LogP contribution in [-0.2, 0) is 14.3 Å². The van der Waals surface area contributed by atoms with Gasteiger partial charge < -0.3 is 4.74 Å². The van der Waals surface area contributed by atoms with E-state index in [0.29, 0.717) is 11.3 Å². The molecule has 3 aliphatic rings. The average Bonchev–Trinajstić information content (AvgIpc) is 3.11. The number of ether oxygens (including phenoxy) is 1. The first kappa shape index (κ1) is 15.7. The normalized spacial score (nSPS) is 37.0. The summed E-state index contributed by atoms with van der Waals surface area (Å²) in [6.45, 7) is 3.90. The lowest BCUT2D eigenvalue weighted by Crippen LogP contribution is -2.40. The first-order chi connectivity index (χ1) is 11.3. The van der Waals surface area contributed by atoms with E-state index in [1.165, 1.54) is 16.7 Å². The zero-order chi connectivity index (χ0) is 17.3. The number of nitrogens with zero attached hydrogens (tertiary/aromatic N) is 2. The fourth-order valence-corrected chi connectivity index (χ4v) is 5.21. The van der Waals surface area contributed by atoms with E-state index in [1.807, 2.05) is 20.1 Å². The van der Waals surface area contributed by atoms with Crippen LogP contribution in [0.1, 0.15) is 32.3 Å². The van der Waals surface area contributed by atoms with Gasteiger partial charge in [-0.1, -0.05) is 0 Å². The minimum absolute atomic E-state index is 0.173. The number of rotatable bonds is 2. The van der Waals surface area contributed by atoms with Gasteiger partial charge in [-0.05, 0) is 51.1 Å². The minimum atomic E-state index is -0.546. The third kappa shape index (κ3) is 1.80. The molecule has 2 amide bonds. The van der Waals surface area contributed by atoms with Crippen LogP contribution >= 0.6 is 11.8 Å². The van der Waals surface area contributed by atoms with Crippen molar-refractivity contribution in [2.75, 3.05) is 11.2 Å². The molecule has 2 bridgehead atoms. The Balaban J connectivity index is 1.78. The van der Waals surface area contributed by atoms with Gasteiger partial charge in [-0.3, -0.25) is 9.59 Å². The summed E-state index contributed by atoms with van der Waals surface area (Å²) in [6, 6.07) is 7.25. The van der Waals surface area contributed by atoms with Crippen molar-refractivity contribution in [2.24, 2.45) is 11.8 Å². The Labute approximate surface area is 145 Å². The van der Waals surface area contributed by atoms with Crippen molar-refractivity contribution in [3.05, 3.63) is 23.8 Å². The molecular weight excluding hydrogens is 324 g/mol. The summed E-state index contributed by atoms with van der Waals surface area (Å²) >= 11 is 1.43. The van der Waals surface area contributed by atoms with Crippen LogP contribution in [0.15, 0.2) is 23.1 Å². The van der Waals surface area contributed by atoms with Crippen molar-refractivity contribution in [3.63, 3.8) is 0 Å². The zero-order valence-corrected chi connectivity index (χ0v) is 14.6. The maximum absolute atomic E-state index is 13.0. The number of amides is 2. The Bertz CT molecular complexity index is 783. The van der Waals surface area contributed by atoms with Crippen molar-refractivity contribution in [3.8, 4) is 6.07 Å². The van der Waals surface area contributed by atoms with E-state index in [4.69, 9.17) is 10.00 Å². The van der Waals surface area contributed by atoms with E-state index in [-0.39, 0.29) is 11.8 Å². The lowest BCUT2D eigenvalue weighted by molar-refractivity contribution is -0.129. The Hall–Kier alpha value is -1.84. The summed E-state index contributed by atoms with van der Waals surface area (Å²) in [6.07, 6.45) is 3.49. The van der Waals surface area contributed by atoms with Crippen LogP contribution in [0.4, 0.5) is 5.69 Å². The van der Waals surface area contributed by atoms with Gasteiger partial charge in [0, 0.05) is 4.90 Å². The highest BCUT2D eigenvalue weighted by atomic mass is 32.2. The van der Waals surface area contributed by atoms with E-state index in [0.717, 1.165) is 17.7 Å². The molecule has 3 heterocycles. The second-order valence-corrected chi connectivity index (χ2v) is 8.04. The number of thioether (sulfide) groups is 1. The minimum Gasteiger partial charge on any atom is -0.367 e. The molecule has 6 heteroatoms. The van der Waals surface area contributed by atoms with Gasteiger partial charge in [0.25, 0.3) is 0 Å². The molecule has 0 N–H and O–H groups in total. The second kappa shape index (κ2) is 4.84. The van der Waals surface area contributed by atoms with Crippen molar-refractivity contribution < 1.29 is 14.3 Å².